The smallest absolute Gasteiger partial charge is 0.291 e. The molecule has 1 N–H and O–H groups in total. The number of nitro benzene ring substituents is 2. The Balaban J connectivity index is 1.82. The van der Waals surface area contributed by atoms with Crippen LogP contribution in [0.25, 0.3) is 0 Å². The number of furan rings is 1. The molecule has 0 saturated carbocycles. The molecule has 3 rings (SSSR count). The summed E-state index contributed by atoms with van der Waals surface area (Å²) in [6, 6.07) is 7.12. The van der Waals surface area contributed by atoms with Crippen molar-refractivity contribution < 1.29 is 19.1 Å². The van der Waals surface area contributed by atoms with Gasteiger partial charge in [-0.15, -0.1) is 0 Å². The molecule has 1 amide bonds. The number of benzene rings is 1. The second-order valence-corrected chi connectivity index (χ2v) is 6.46. The first kappa shape index (κ1) is 19.7. The monoisotopic (exact) mass is 399 g/mol. The summed E-state index contributed by atoms with van der Waals surface area (Å²) in [5, 5.41) is 29.0. The maximum Gasteiger partial charge on any atom is 0.291 e. The van der Waals surface area contributed by atoms with Gasteiger partial charge in [-0.25, -0.2) is 0 Å². The number of nitro groups is 2. The number of amides is 1. The lowest BCUT2D eigenvalue weighted by atomic mass is 10.1. The molecule has 0 radical (unpaired) electrons. The van der Waals surface area contributed by atoms with Crippen LogP contribution in [0.4, 0.5) is 17.1 Å². The van der Waals surface area contributed by atoms with Crippen molar-refractivity contribution in [1.82, 2.24) is 9.78 Å². The maximum absolute atomic E-state index is 12.4. The quantitative estimate of drug-likeness (QED) is 0.493. The summed E-state index contributed by atoms with van der Waals surface area (Å²) in [5.41, 5.74) is 0.704. The molecule has 2 heterocycles. The van der Waals surface area contributed by atoms with Crippen LogP contribution in [0, 0.1) is 41.0 Å². The zero-order chi connectivity index (χ0) is 21.3. The van der Waals surface area contributed by atoms with Crippen LogP contribution in [0.5, 0.6) is 0 Å². The number of hydrogen-bond acceptors (Lipinski definition) is 7. The Morgan fingerprint density at radius 1 is 1.10 bits per heavy atom. The molecule has 3 aromatic rings. The summed E-state index contributed by atoms with van der Waals surface area (Å²) >= 11 is 0. The fraction of sp³-hybridized carbons (Fsp3) is 0.222. The van der Waals surface area contributed by atoms with Gasteiger partial charge in [0.05, 0.1) is 27.8 Å². The van der Waals surface area contributed by atoms with Crippen LogP contribution >= 0.6 is 0 Å². The Bertz CT molecular complexity index is 1090. The van der Waals surface area contributed by atoms with Crippen LogP contribution in [0.1, 0.15) is 33.3 Å². The van der Waals surface area contributed by atoms with E-state index in [1.54, 1.807) is 10.7 Å². The van der Waals surface area contributed by atoms with Gasteiger partial charge in [-0.05, 0) is 39.0 Å². The SMILES string of the molecule is Cc1cc(C)n(Cc2ccc(C(=O)Nc3cc([N+](=O)[O-])c(C)c([N+](=O)[O-])c3)o2)n1. The van der Waals surface area contributed by atoms with Crippen LogP contribution in [-0.2, 0) is 6.54 Å². The molecule has 1 aromatic carbocycles. The van der Waals surface area contributed by atoms with Gasteiger partial charge in [-0.1, -0.05) is 0 Å². The molecule has 11 nitrogen and oxygen atoms in total. The molecule has 0 saturated heterocycles. The van der Waals surface area contributed by atoms with Crippen molar-refractivity contribution >= 4 is 23.0 Å². The van der Waals surface area contributed by atoms with Crippen molar-refractivity contribution in [2.45, 2.75) is 27.3 Å². The Kier molecular flexibility index (Phi) is 5.13. The molecule has 0 unspecified atom stereocenters. The van der Waals surface area contributed by atoms with Crippen molar-refractivity contribution in [2.75, 3.05) is 5.32 Å². The zero-order valence-corrected chi connectivity index (χ0v) is 15.8. The third-order valence-electron chi connectivity index (χ3n) is 4.30. The van der Waals surface area contributed by atoms with E-state index in [9.17, 15) is 25.0 Å². The number of hydrogen-bond donors (Lipinski definition) is 1. The van der Waals surface area contributed by atoms with Gasteiger partial charge in [-0.2, -0.15) is 5.10 Å². The van der Waals surface area contributed by atoms with Crippen molar-refractivity contribution in [2.24, 2.45) is 0 Å². The topological polar surface area (TPSA) is 146 Å². The van der Waals surface area contributed by atoms with Crippen molar-refractivity contribution in [1.29, 1.82) is 0 Å². The average molecular weight is 399 g/mol. The molecular formula is C18H17N5O6. The molecule has 150 valence electrons. The first-order valence-electron chi connectivity index (χ1n) is 8.50. The number of anilines is 1. The number of rotatable bonds is 6. The molecular weight excluding hydrogens is 382 g/mol. The Morgan fingerprint density at radius 3 is 2.24 bits per heavy atom. The van der Waals surface area contributed by atoms with Crippen LogP contribution in [0.2, 0.25) is 0 Å². The summed E-state index contributed by atoms with van der Waals surface area (Å²) in [4.78, 5) is 33.3. The van der Waals surface area contributed by atoms with E-state index in [1.807, 2.05) is 19.9 Å². The molecule has 11 heteroatoms. The summed E-state index contributed by atoms with van der Waals surface area (Å²) < 4.78 is 7.25. The van der Waals surface area contributed by atoms with Crippen LogP contribution in [0.15, 0.2) is 34.7 Å². The molecule has 2 aromatic heterocycles. The Hall–Kier alpha value is -4.02. The number of carbonyl (C=O) groups excluding carboxylic acids is 1. The van der Waals surface area contributed by atoms with E-state index in [4.69, 9.17) is 4.42 Å². The van der Waals surface area contributed by atoms with Crippen molar-refractivity contribution in [3.8, 4) is 0 Å². The second-order valence-electron chi connectivity index (χ2n) is 6.46. The first-order chi connectivity index (χ1) is 13.7. The highest BCUT2D eigenvalue weighted by Crippen LogP contribution is 2.32. The zero-order valence-electron chi connectivity index (χ0n) is 15.8. The summed E-state index contributed by atoms with van der Waals surface area (Å²) in [6.07, 6.45) is 0. The fourth-order valence-corrected chi connectivity index (χ4v) is 2.90. The average Bonchev–Trinajstić information content (AvgIpc) is 3.22. The lowest BCUT2D eigenvalue weighted by Crippen LogP contribution is -2.12. The molecule has 0 atom stereocenters. The fourth-order valence-electron chi connectivity index (χ4n) is 2.90. The van der Waals surface area contributed by atoms with Gasteiger partial charge in [0.2, 0.25) is 0 Å². The van der Waals surface area contributed by atoms with E-state index in [1.165, 1.54) is 13.0 Å². The van der Waals surface area contributed by atoms with E-state index in [0.717, 1.165) is 23.5 Å². The highest BCUT2D eigenvalue weighted by molar-refractivity contribution is 6.02. The number of aromatic nitrogens is 2. The number of carbonyl (C=O) groups is 1. The predicted molar refractivity (Wildman–Crippen MR) is 102 cm³/mol. The van der Waals surface area contributed by atoms with Gasteiger partial charge >= 0.3 is 0 Å². The lowest BCUT2D eigenvalue weighted by Gasteiger charge is -2.06. The number of aryl methyl sites for hydroxylation is 2. The molecule has 0 aliphatic carbocycles. The minimum atomic E-state index is -0.739. The van der Waals surface area contributed by atoms with E-state index in [-0.39, 0.29) is 17.0 Å². The molecule has 0 aliphatic rings. The second kappa shape index (κ2) is 7.54. The van der Waals surface area contributed by atoms with Gasteiger partial charge in [-0.3, -0.25) is 29.7 Å². The van der Waals surface area contributed by atoms with Gasteiger partial charge in [0.25, 0.3) is 17.3 Å². The largest absolute Gasteiger partial charge is 0.454 e. The molecule has 29 heavy (non-hydrogen) atoms. The van der Waals surface area contributed by atoms with E-state index < -0.39 is 27.1 Å². The van der Waals surface area contributed by atoms with Crippen molar-refractivity contribution in [3.05, 3.63) is 79.0 Å². The first-order valence-corrected chi connectivity index (χ1v) is 8.50. The lowest BCUT2D eigenvalue weighted by molar-refractivity contribution is -0.395. The minimum absolute atomic E-state index is 0.0348. The van der Waals surface area contributed by atoms with Gasteiger partial charge in [0, 0.05) is 17.8 Å². The summed E-state index contributed by atoms with van der Waals surface area (Å²) in [6.45, 7) is 5.37. The highest BCUT2D eigenvalue weighted by Gasteiger charge is 2.24. The van der Waals surface area contributed by atoms with E-state index >= 15 is 0 Å². The summed E-state index contributed by atoms with van der Waals surface area (Å²) in [5.74, 6) is -0.230. The number of nitrogens with one attached hydrogen (secondary N) is 1. The van der Waals surface area contributed by atoms with Gasteiger partial charge in [0.15, 0.2) is 5.76 Å². The number of nitrogens with zero attached hydrogens (tertiary/aromatic N) is 4. The van der Waals surface area contributed by atoms with Gasteiger partial charge < -0.3 is 9.73 Å². The van der Waals surface area contributed by atoms with E-state index in [0.29, 0.717) is 12.3 Å². The third-order valence-corrected chi connectivity index (χ3v) is 4.30. The maximum atomic E-state index is 12.4. The molecule has 0 aliphatic heterocycles. The molecule has 0 fully saturated rings. The highest BCUT2D eigenvalue weighted by atomic mass is 16.6. The predicted octanol–water partition coefficient (Wildman–Crippen LogP) is 3.52. The minimum Gasteiger partial charge on any atom is -0.454 e. The molecule has 0 spiro atoms. The third kappa shape index (κ3) is 4.13. The van der Waals surface area contributed by atoms with Crippen molar-refractivity contribution in [3.63, 3.8) is 0 Å². The Labute approximate surface area is 164 Å². The van der Waals surface area contributed by atoms with E-state index in [2.05, 4.69) is 10.4 Å². The normalized spacial score (nSPS) is 10.7. The van der Waals surface area contributed by atoms with Crippen LogP contribution in [0.3, 0.4) is 0 Å². The van der Waals surface area contributed by atoms with Crippen LogP contribution < -0.4 is 5.32 Å². The van der Waals surface area contributed by atoms with Gasteiger partial charge in [0.1, 0.15) is 11.3 Å². The standard InChI is InChI=1S/C18H17N5O6/c1-10-6-11(2)21(20-10)9-14-4-5-17(29-14)18(24)19-13-7-15(22(25)26)12(3)16(8-13)23(27)28/h4-8H,9H2,1-3H3,(H,19,24). The Morgan fingerprint density at radius 2 is 1.72 bits per heavy atom. The molecule has 0 bridgehead atoms. The van der Waals surface area contributed by atoms with Crippen LogP contribution in [-0.4, -0.2) is 25.5 Å². The summed E-state index contributed by atoms with van der Waals surface area (Å²) in [7, 11) is 0.